The number of hydrogen-bond acceptors (Lipinski definition) is 3. The van der Waals surface area contributed by atoms with Gasteiger partial charge in [-0.3, -0.25) is 4.79 Å². The number of carbonyl (C=O) groups excluding carboxylic acids is 1. The molecule has 0 saturated carbocycles. The lowest BCUT2D eigenvalue weighted by Gasteiger charge is -2.31. The number of rotatable bonds is 7. The second-order valence-electron chi connectivity index (χ2n) is 7.83. The Morgan fingerprint density at radius 2 is 1.53 bits per heavy atom. The Morgan fingerprint density at radius 3 is 2.13 bits per heavy atom. The van der Waals surface area contributed by atoms with Crippen molar-refractivity contribution in [3.05, 3.63) is 83.9 Å². The van der Waals surface area contributed by atoms with Crippen LogP contribution in [-0.4, -0.2) is 27.9 Å². The summed E-state index contributed by atoms with van der Waals surface area (Å²) in [6, 6.07) is 19.8. The summed E-state index contributed by atoms with van der Waals surface area (Å²) in [5, 5.41) is 3.29. The minimum Gasteiger partial charge on any atom is -0.381 e. The molecule has 0 aliphatic heterocycles. The van der Waals surface area contributed by atoms with Crippen molar-refractivity contribution >= 4 is 11.6 Å². The molecule has 3 aromatic rings. The standard InChI is InChI=1S/C25H28FN3O/c1-17(2)29(18(3)4)25(30)23-21(14-15-27-24(23)26)16-28-22-12-10-20(11-13-22)19-8-6-5-7-9-19/h5-15,17-18,28H,16H2,1-4H3. The molecule has 0 aliphatic carbocycles. The second-order valence-corrected chi connectivity index (χ2v) is 7.83. The molecule has 0 unspecified atom stereocenters. The monoisotopic (exact) mass is 405 g/mol. The number of benzene rings is 2. The number of amides is 1. The lowest BCUT2D eigenvalue weighted by Crippen LogP contribution is -2.43. The van der Waals surface area contributed by atoms with E-state index in [0.29, 0.717) is 12.1 Å². The Morgan fingerprint density at radius 1 is 0.933 bits per heavy atom. The number of hydrogen-bond donors (Lipinski definition) is 1. The summed E-state index contributed by atoms with van der Waals surface area (Å²) in [5.74, 6) is -1.06. The van der Waals surface area contributed by atoms with E-state index in [-0.39, 0.29) is 23.6 Å². The van der Waals surface area contributed by atoms with Crippen LogP contribution >= 0.6 is 0 Å². The molecule has 1 aromatic heterocycles. The van der Waals surface area contributed by atoms with E-state index < -0.39 is 5.95 Å². The SMILES string of the molecule is CC(C)N(C(=O)c1c(CNc2ccc(-c3ccccc3)cc2)ccnc1F)C(C)C. The average Bonchev–Trinajstić information content (AvgIpc) is 2.72. The van der Waals surface area contributed by atoms with Crippen LogP contribution in [0.25, 0.3) is 11.1 Å². The van der Waals surface area contributed by atoms with Crippen LogP contribution < -0.4 is 5.32 Å². The fraction of sp³-hybridized carbons (Fsp3) is 0.280. The van der Waals surface area contributed by atoms with Crippen molar-refractivity contribution in [3.8, 4) is 11.1 Å². The highest BCUT2D eigenvalue weighted by molar-refractivity contribution is 5.96. The normalized spacial score (nSPS) is 11.0. The highest BCUT2D eigenvalue weighted by Gasteiger charge is 2.27. The maximum atomic E-state index is 14.6. The van der Waals surface area contributed by atoms with E-state index in [9.17, 15) is 9.18 Å². The van der Waals surface area contributed by atoms with Gasteiger partial charge < -0.3 is 10.2 Å². The van der Waals surface area contributed by atoms with Crippen LogP contribution in [0.2, 0.25) is 0 Å². The predicted octanol–water partition coefficient (Wildman–Crippen LogP) is 5.76. The maximum Gasteiger partial charge on any atom is 0.259 e. The maximum absolute atomic E-state index is 14.6. The zero-order chi connectivity index (χ0) is 21.7. The third-order valence-corrected chi connectivity index (χ3v) is 5.03. The molecule has 1 heterocycles. The van der Waals surface area contributed by atoms with Gasteiger partial charge in [0.15, 0.2) is 0 Å². The Labute approximate surface area is 177 Å². The van der Waals surface area contributed by atoms with E-state index in [2.05, 4.69) is 22.4 Å². The first-order valence-electron chi connectivity index (χ1n) is 10.2. The van der Waals surface area contributed by atoms with Crippen LogP contribution in [0.1, 0.15) is 43.6 Å². The van der Waals surface area contributed by atoms with Crippen LogP contribution in [0.4, 0.5) is 10.1 Å². The van der Waals surface area contributed by atoms with Gasteiger partial charge in [0, 0.05) is 30.5 Å². The molecule has 0 atom stereocenters. The summed E-state index contributed by atoms with van der Waals surface area (Å²) in [6.45, 7) is 8.04. The van der Waals surface area contributed by atoms with E-state index in [4.69, 9.17) is 0 Å². The molecule has 5 heteroatoms. The van der Waals surface area contributed by atoms with Crippen LogP contribution in [0, 0.1) is 5.95 Å². The summed E-state index contributed by atoms with van der Waals surface area (Å²) in [7, 11) is 0. The third-order valence-electron chi connectivity index (χ3n) is 5.03. The number of carbonyl (C=O) groups is 1. The third kappa shape index (κ3) is 4.85. The number of anilines is 1. The molecule has 0 radical (unpaired) electrons. The van der Waals surface area contributed by atoms with Crippen molar-refractivity contribution in [2.75, 3.05) is 5.32 Å². The number of pyridine rings is 1. The van der Waals surface area contributed by atoms with Gasteiger partial charge in [0.25, 0.3) is 5.91 Å². The average molecular weight is 406 g/mol. The summed E-state index contributed by atoms with van der Waals surface area (Å²) in [4.78, 5) is 18.5. The smallest absolute Gasteiger partial charge is 0.259 e. The summed E-state index contributed by atoms with van der Waals surface area (Å²) >= 11 is 0. The Hall–Kier alpha value is -3.21. The van der Waals surface area contributed by atoms with Gasteiger partial charge in [0.2, 0.25) is 5.95 Å². The first kappa shape index (κ1) is 21.5. The molecule has 1 amide bonds. The van der Waals surface area contributed by atoms with Crippen molar-refractivity contribution < 1.29 is 9.18 Å². The van der Waals surface area contributed by atoms with Gasteiger partial charge in [0.05, 0.1) is 5.56 Å². The number of aromatic nitrogens is 1. The predicted molar refractivity (Wildman–Crippen MR) is 120 cm³/mol. The first-order chi connectivity index (χ1) is 14.4. The van der Waals surface area contributed by atoms with Gasteiger partial charge in [-0.15, -0.1) is 0 Å². The summed E-state index contributed by atoms with van der Waals surface area (Å²) in [5.41, 5.74) is 3.79. The van der Waals surface area contributed by atoms with Crippen LogP contribution in [0.3, 0.4) is 0 Å². The molecule has 2 aromatic carbocycles. The molecule has 3 rings (SSSR count). The number of nitrogens with zero attached hydrogens (tertiary/aromatic N) is 2. The first-order valence-corrected chi connectivity index (χ1v) is 10.2. The van der Waals surface area contributed by atoms with Gasteiger partial charge in [-0.05, 0) is 62.6 Å². The van der Waals surface area contributed by atoms with E-state index in [1.165, 1.54) is 6.20 Å². The Kier molecular flexibility index (Phi) is 6.83. The summed E-state index contributed by atoms with van der Waals surface area (Å²) in [6.07, 6.45) is 1.40. The van der Waals surface area contributed by atoms with Crippen molar-refractivity contribution in [1.82, 2.24) is 9.88 Å². The molecule has 30 heavy (non-hydrogen) atoms. The minimum atomic E-state index is -0.731. The van der Waals surface area contributed by atoms with Gasteiger partial charge in [-0.1, -0.05) is 42.5 Å². The Balaban J connectivity index is 1.79. The Bertz CT molecular complexity index is 977. The molecular weight excluding hydrogens is 377 g/mol. The molecule has 0 bridgehead atoms. The van der Waals surface area contributed by atoms with Crippen molar-refractivity contribution in [2.45, 2.75) is 46.3 Å². The zero-order valence-corrected chi connectivity index (χ0v) is 17.9. The molecule has 0 saturated heterocycles. The van der Waals surface area contributed by atoms with Crippen LogP contribution in [0.15, 0.2) is 66.9 Å². The highest BCUT2D eigenvalue weighted by Crippen LogP contribution is 2.23. The topological polar surface area (TPSA) is 45.2 Å². The van der Waals surface area contributed by atoms with Crippen LogP contribution in [-0.2, 0) is 6.54 Å². The lowest BCUT2D eigenvalue weighted by molar-refractivity contribution is 0.0636. The van der Waals surface area contributed by atoms with Crippen molar-refractivity contribution in [1.29, 1.82) is 0 Å². The van der Waals surface area contributed by atoms with Gasteiger partial charge in [0.1, 0.15) is 0 Å². The number of nitrogens with one attached hydrogen (secondary N) is 1. The van der Waals surface area contributed by atoms with E-state index >= 15 is 0 Å². The number of halogens is 1. The molecule has 0 aliphatic rings. The summed E-state index contributed by atoms with van der Waals surface area (Å²) < 4.78 is 14.6. The van der Waals surface area contributed by atoms with Gasteiger partial charge in [-0.2, -0.15) is 4.39 Å². The van der Waals surface area contributed by atoms with Crippen LogP contribution in [0.5, 0.6) is 0 Å². The zero-order valence-electron chi connectivity index (χ0n) is 17.9. The van der Waals surface area contributed by atoms with E-state index in [0.717, 1.165) is 16.8 Å². The fourth-order valence-corrected chi connectivity index (χ4v) is 3.65. The van der Waals surface area contributed by atoms with Crippen molar-refractivity contribution in [2.24, 2.45) is 0 Å². The lowest BCUT2D eigenvalue weighted by atomic mass is 10.0. The van der Waals surface area contributed by atoms with E-state index in [1.54, 1.807) is 11.0 Å². The molecule has 1 N–H and O–H groups in total. The molecular formula is C25H28FN3O. The quantitative estimate of drug-likeness (QED) is 0.509. The molecule has 0 spiro atoms. The second kappa shape index (κ2) is 9.53. The molecule has 156 valence electrons. The van der Waals surface area contributed by atoms with E-state index in [1.807, 2.05) is 70.2 Å². The van der Waals surface area contributed by atoms with Crippen molar-refractivity contribution in [3.63, 3.8) is 0 Å². The van der Waals surface area contributed by atoms with Gasteiger partial charge in [-0.25, -0.2) is 4.98 Å². The molecule has 0 fully saturated rings. The fourth-order valence-electron chi connectivity index (χ4n) is 3.65. The highest BCUT2D eigenvalue weighted by atomic mass is 19.1. The van der Waals surface area contributed by atoms with Gasteiger partial charge >= 0.3 is 0 Å². The minimum absolute atomic E-state index is 0.0355. The molecule has 4 nitrogen and oxygen atoms in total. The largest absolute Gasteiger partial charge is 0.381 e.